The molecular weight excluding hydrogens is 414 g/mol. The first-order chi connectivity index (χ1) is 15.1. The molecule has 8 nitrogen and oxygen atoms in total. The summed E-state index contributed by atoms with van der Waals surface area (Å²) in [6, 6.07) is 17.1. The molecular formula is C22H23N5O3S. The van der Waals surface area contributed by atoms with Crippen LogP contribution in [-0.4, -0.2) is 44.0 Å². The lowest BCUT2D eigenvalue weighted by molar-refractivity contribution is -0.113. The van der Waals surface area contributed by atoms with E-state index in [1.807, 2.05) is 36.4 Å². The predicted molar refractivity (Wildman–Crippen MR) is 120 cm³/mol. The molecule has 31 heavy (non-hydrogen) atoms. The number of anilines is 1. The Balaban J connectivity index is 1.70. The van der Waals surface area contributed by atoms with Gasteiger partial charge in [-0.1, -0.05) is 54.2 Å². The molecule has 0 aliphatic carbocycles. The first kappa shape index (κ1) is 22.3. The Hall–Kier alpha value is -3.43. The zero-order valence-electron chi connectivity index (χ0n) is 16.8. The second kappa shape index (κ2) is 11.1. The lowest BCUT2D eigenvalue weighted by atomic mass is 10.2. The van der Waals surface area contributed by atoms with Crippen LogP contribution in [0, 0.1) is 0 Å². The number of hydrogen-bond donors (Lipinski definition) is 3. The van der Waals surface area contributed by atoms with Crippen molar-refractivity contribution in [2.75, 3.05) is 17.7 Å². The third kappa shape index (κ3) is 6.03. The van der Waals surface area contributed by atoms with E-state index in [0.29, 0.717) is 28.8 Å². The molecule has 0 bridgehead atoms. The molecule has 0 spiro atoms. The Morgan fingerprint density at radius 1 is 1.10 bits per heavy atom. The Kier molecular flexibility index (Phi) is 7.97. The van der Waals surface area contributed by atoms with E-state index in [4.69, 9.17) is 0 Å². The van der Waals surface area contributed by atoms with Crippen LogP contribution in [0.15, 0.2) is 78.5 Å². The molecule has 2 amide bonds. The van der Waals surface area contributed by atoms with Gasteiger partial charge in [-0.05, 0) is 24.3 Å². The van der Waals surface area contributed by atoms with E-state index in [2.05, 4.69) is 27.4 Å². The summed E-state index contributed by atoms with van der Waals surface area (Å²) in [5.41, 5.74) is 1.19. The molecule has 0 radical (unpaired) electrons. The molecule has 1 unspecified atom stereocenters. The standard InChI is InChI=1S/C22H23N5O3S/c1-2-13-27-20(18(14-28)24-21(30)16-9-5-3-6-10-16)25-26-22(27)31-15-19(29)23-17-11-7-4-8-12-17/h2-12,18,28H,1,13-15H2,(H,23,29)(H,24,30). The van der Waals surface area contributed by atoms with Gasteiger partial charge in [0, 0.05) is 17.8 Å². The average Bonchev–Trinajstić information content (AvgIpc) is 3.20. The highest BCUT2D eigenvalue weighted by Gasteiger charge is 2.23. The van der Waals surface area contributed by atoms with Gasteiger partial charge in [0.2, 0.25) is 5.91 Å². The molecule has 3 aromatic rings. The van der Waals surface area contributed by atoms with Crippen molar-refractivity contribution in [2.45, 2.75) is 17.7 Å². The molecule has 3 N–H and O–H groups in total. The Morgan fingerprint density at radius 3 is 2.42 bits per heavy atom. The van der Waals surface area contributed by atoms with Gasteiger partial charge in [0.15, 0.2) is 11.0 Å². The van der Waals surface area contributed by atoms with Crippen molar-refractivity contribution in [3.63, 3.8) is 0 Å². The molecule has 0 saturated carbocycles. The fourth-order valence-corrected chi connectivity index (χ4v) is 3.59. The van der Waals surface area contributed by atoms with Gasteiger partial charge in [-0.3, -0.25) is 9.59 Å². The van der Waals surface area contributed by atoms with Gasteiger partial charge in [-0.15, -0.1) is 16.8 Å². The van der Waals surface area contributed by atoms with Crippen LogP contribution in [-0.2, 0) is 11.3 Å². The number of carbonyl (C=O) groups excluding carboxylic acids is 2. The van der Waals surface area contributed by atoms with Gasteiger partial charge in [0.1, 0.15) is 6.04 Å². The first-order valence-corrected chi connectivity index (χ1v) is 10.6. The van der Waals surface area contributed by atoms with Gasteiger partial charge in [-0.2, -0.15) is 0 Å². The molecule has 3 rings (SSSR count). The number of allylic oxidation sites excluding steroid dienone is 1. The van der Waals surface area contributed by atoms with Crippen LogP contribution in [0.25, 0.3) is 0 Å². The van der Waals surface area contributed by atoms with Crippen molar-refractivity contribution in [3.05, 3.63) is 84.7 Å². The van der Waals surface area contributed by atoms with E-state index in [-0.39, 0.29) is 24.2 Å². The molecule has 0 aliphatic heterocycles. The first-order valence-electron chi connectivity index (χ1n) is 9.60. The van der Waals surface area contributed by atoms with E-state index >= 15 is 0 Å². The number of aromatic nitrogens is 3. The average molecular weight is 438 g/mol. The number of rotatable bonds is 10. The number of hydrogen-bond acceptors (Lipinski definition) is 6. The van der Waals surface area contributed by atoms with E-state index in [9.17, 15) is 14.7 Å². The maximum absolute atomic E-state index is 12.5. The largest absolute Gasteiger partial charge is 0.394 e. The topological polar surface area (TPSA) is 109 Å². The summed E-state index contributed by atoms with van der Waals surface area (Å²) in [5.74, 6) is 0.00790. The minimum absolute atomic E-state index is 0.129. The third-order valence-corrected chi connectivity index (χ3v) is 5.25. The number of amides is 2. The van der Waals surface area contributed by atoms with Crippen molar-refractivity contribution < 1.29 is 14.7 Å². The summed E-state index contributed by atoms with van der Waals surface area (Å²) in [5, 5.41) is 24.2. The van der Waals surface area contributed by atoms with Crippen molar-refractivity contribution in [1.82, 2.24) is 20.1 Å². The highest BCUT2D eigenvalue weighted by molar-refractivity contribution is 7.99. The Morgan fingerprint density at radius 2 is 1.77 bits per heavy atom. The van der Waals surface area contributed by atoms with Crippen LogP contribution >= 0.6 is 11.8 Å². The van der Waals surface area contributed by atoms with Crippen LogP contribution in [0.3, 0.4) is 0 Å². The molecule has 1 atom stereocenters. The number of thioether (sulfide) groups is 1. The van der Waals surface area contributed by atoms with Crippen LogP contribution in [0.4, 0.5) is 5.69 Å². The monoisotopic (exact) mass is 437 g/mol. The Bertz CT molecular complexity index is 1020. The summed E-state index contributed by atoms with van der Waals surface area (Å²) in [6.07, 6.45) is 1.66. The summed E-state index contributed by atoms with van der Waals surface area (Å²) in [7, 11) is 0. The maximum Gasteiger partial charge on any atom is 0.251 e. The normalized spacial score (nSPS) is 11.5. The van der Waals surface area contributed by atoms with E-state index in [1.54, 1.807) is 34.9 Å². The molecule has 0 fully saturated rings. The van der Waals surface area contributed by atoms with E-state index in [1.165, 1.54) is 11.8 Å². The lowest BCUT2D eigenvalue weighted by Gasteiger charge is -2.17. The quantitative estimate of drug-likeness (QED) is 0.332. The molecule has 1 aromatic heterocycles. The molecule has 160 valence electrons. The van der Waals surface area contributed by atoms with Gasteiger partial charge in [-0.25, -0.2) is 0 Å². The van der Waals surface area contributed by atoms with Crippen LogP contribution in [0.1, 0.15) is 22.2 Å². The van der Waals surface area contributed by atoms with Crippen molar-refractivity contribution in [3.8, 4) is 0 Å². The number of aliphatic hydroxyl groups excluding tert-OH is 1. The minimum Gasteiger partial charge on any atom is -0.394 e. The second-order valence-electron chi connectivity index (χ2n) is 6.52. The fraction of sp³-hybridized carbons (Fsp3) is 0.182. The van der Waals surface area contributed by atoms with Crippen molar-refractivity contribution >= 4 is 29.3 Å². The van der Waals surface area contributed by atoms with E-state index in [0.717, 1.165) is 0 Å². The summed E-state index contributed by atoms with van der Waals surface area (Å²) >= 11 is 1.21. The summed E-state index contributed by atoms with van der Waals surface area (Å²) in [6.45, 7) is 3.76. The highest BCUT2D eigenvalue weighted by Crippen LogP contribution is 2.21. The van der Waals surface area contributed by atoms with E-state index < -0.39 is 6.04 Å². The number of benzene rings is 2. The maximum atomic E-state index is 12.5. The molecule has 9 heteroatoms. The molecule has 0 saturated heterocycles. The number of nitrogens with zero attached hydrogens (tertiary/aromatic N) is 3. The molecule has 1 heterocycles. The third-order valence-electron chi connectivity index (χ3n) is 4.28. The van der Waals surface area contributed by atoms with Gasteiger partial charge in [0.05, 0.1) is 12.4 Å². The Labute approximate surface area is 184 Å². The lowest BCUT2D eigenvalue weighted by Crippen LogP contribution is -2.33. The number of aliphatic hydroxyl groups is 1. The van der Waals surface area contributed by atoms with Gasteiger partial charge < -0.3 is 20.3 Å². The van der Waals surface area contributed by atoms with Crippen molar-refractivity contribution in [1.29, 1.82) is 0 Å². The SMILES string of the molecule is C=CCn1c(SCC(=O)Nc2ccccc2)nnc1C(CO)NC(=O)c1ccccc1. The minimum atomic E-state index is -0.757. The second-order valence-corrected chi connectivity index (χ2v) is 7.46. The summed E-state index contributed by atoms with van der Waals surface area (Å²) in [4.78, 5) is 24.7. The zero-order valence-corrected chi connectivity index (χ0v) is 17.6. The number of nitrogens with one attached hydrogen (secondary N) is 2. The zero-order chi connectivity index (χ0) is 22.1. The van der Waals surface area contributed by atoms with Gasteiger partial charge >= 0.3 is 0 Å². The molecule has 2 aromatic carbocycles. The number of para-hydroxylation sites is 1. The summed E-state index contributed by atoms with van der Waals surface area (Å²) < 4.78 is 1.72. The predicted octanol–water partition coefficient (Wildman–Crippen LogP) is 2.66. The number of carbonyl (C=O) groups is 2. The van der Waals surface area contributed by atoms with Crippen LogP contribution in [0.5, 0.6) is 0 Å². The fourth-order valence-electron chi connectivity index (χ4n) is 2.84. The molecule has 0 aliphatic rings. The van der Waals surface area contributed by atoms with Crippen molar-refractivity contribution in [2.24, 2.45) is 0 Å². The highest BCUT2D eigenvalue weighted by atomic mass is 32.2. The van der Waals surface area contributed by atoms with Crippen LogP contribution in [0.2, 0.25) is 0 Å². The van der Waals surface area contributed by atoms with Gasteiger partial charge in [0.25, 0.3) is 5.91 Å². The smallest absolute Gasteiger partial charge is 0.251 e. The van der Waals surface area contributed by atoms with Crippen LogP contribution < -0.4 is 10.6 Å².